The Morgan fingerprint density at radius 2 is 2.26 bits per heavy atom. The molecule has 0 bridgehead atoms. The van der Waals surface area contributed by atoms with Gasteiger partial charge in [-0.25, -0.2) is 4.98 Å². The third kappa shape index (κ3) is 2.55. The fourth-order valence-electron chi connectivity index (χ4n) is 2.34. The average Bonchev–Trinajstić information content (AvgIpc) is 3.21. The van der Waals surface area contributed by atoms with E-state index in [-0.39, 0.29) is 0 Å². The van der Waals surface area contributed by atoms with Gasteiger partial charge in [0.2, 0.25) is 0 Å². The molecule has 0 saturated heterocycles. The summed E-state index contributed by atoms with van der Waals surface area (Å²) in [5.74, 6) is 0.696. The van der Waals surface area contributed by atoms with E-state index in [0.29, 0.717) is 5.92 Å². The standard InChI is InChI=1S/C15H19N3S/c1-3-10-5-4-8-17-14(10)15-18-13(11-6-7-11)12(19-15)9-16-2/h4-5,8,11,16H,3,6-7,9H2,1-2H3. The molecule has 1 aliphatic carbocycles. The molecule has 2 aromatic rings. The summed E-state index contributed by atoms with van der Waals surface area (Å²) in [4.78, 5) is 10.8. The lowest BCUT2D eigenvalue weighted by Crippen LogP contribution is -2.05. The van der Waals surface area contributed by atoms with Crippen LogP contribution in [0.5, 0.6) is 0 Å². The minimum atomic E-state index is 0.696. The first kappa shape index (κ1) is 12.8. The first-order valence-electron chi connectivity index (χ1n) is 6.92. The van der Waals surface area contributed by atoms with Crippen molar-refractivity contribution in [2.24, 2.45) is 0 Å². The van der Waals surface area contributed by atoms with Crippen LogP contribution >= 0.6 is 11.3 Å². The zero-order valence-electron chi connectivity index (χ0n) is 11.4. The summed E-state index contributed by atoms with van der Waals surface area (Å²) < 4.78 is 0. The Labute approximate surface area is 118 Å². The minimum Gasteiger partial charge on any atom is -0.315 e. The van der Waals surface area contributed by atoms with Gasteiger partial charge in [-0.15, -0.1) is 11.3 Å². The van der Waals surface area contributed by atoms with Gasteiger partial charge in [0.05, 0.1) is 5.69 Å². The molecule has 2 aromatic heterocycles. The largest absolute Gasteiger partial charge is 0.315 e. The topological polar surface area (TPSA) is 37.8 Å². The van der Waals surface area contributed by atoms with Crippen molar-refractivity contribution in [2.45, 2.75) is 38.6 Å². The minimum absolute atomic E-state index is 0.696. The maximum absolute atomic E-state index is 4.89. The van der Waals surface area contributed by atoms with Crippen molar-refractivity contribution in [3.8, 4) is 10.7 Å². The van der Waals surface area contributed by atoms with E-state index in [2.05, 4.69) is 23.3 Å². The van der Waals surface area contributed by atoms with Crippen LogP contribution in [0, 0.1) is 0 Å². The molecule has 2 heterocycles. The molecule has 1 fully saturated rings. The van der Waals surface area contributed by atoms with E-state index < -0.39 is 0 Å². The third-order valence-electron chi connectivity index (χ3n) is 3.50. The fraction of sp³-hybridized carbons (Fsp3) is 0.467. The summed E-state index contributed by atoms with van der Waals surface area (Å²) in [5.41, 5.74) is 3.66. The van der Waals surface area contributed by atoms with Gasteiger partial charge in [0, 0.05) is 23.5 Å². The molecule has 4 heteroatoms. The van der Waals surface area contributed by atoms with E-state index in [0.717, 1.165) is 23.7 Å². The van der Waals surface area contributed by atoms with Crippen molar-refractivity contribution in [3.63, 3.8) is 0 Å². The van der Waals surface area contributed by atoms with Crippen molar-refractivity contribution in [1.82, 2.24) is 15.3 Å². The summed E-state index contributed by atoms with van der Waals surface area (Å²) in [6.07, 6.45) is 5.46. The number of hydrogen-bond donors (Lipinski definition) is 1. The van der Waals surface area contributed by atoms with E-state index in [1.165, 1.54) is 29.0 Å². The molecule has 100 valence electrons. The van der Waals surface area contributed by atoms with Crippen LogP contribution in [0.15, 0.2) is 18.3 Å². The number of nitrogens with zero attached hydrogens (tertiary/aromatic N) is 2. The molecule has 19 heavy (non-hydrogen) atoms. The zero-order chi connectivity index (χ0) is 13.2. The Morgan fingerprint density at radius 3 is 2.95 bits per heavy atom. The maximum Gasteiger partial charge on any atom is 0.142 e. The number of rotatable bonds is 5. The SMILES string of the molecule is CCc1cccnc1-c1nc(C2CC2)c(CNC)s1. The summed E-state index contributed by atoms with van der Waals surface area (Å²) >= 11 is 1.80. The molecule has 0 aromatic carbocycles. The second-order valence-electron chi connectivity index (χ2n) is 5.00. The summed E-state index contributed by atoms with van der Waals surface area (Å²) in [6.45, 7) is 3.09. The predicted octanol–water partition coefficient (Wildman–Crippen LogP) is 3.36. The van der Waals surface area contributed by atoms with Crippen molar-refractivity contribution < 1.29 is 0 Å². The highest BCUT2D eigenvalue weighted by Gasteiger charge is 2.30. The van der Waals surface area contributed by atoms with Gasteiger partial charge in [-0.2, -0.15) is 0 Å². The highest BCUT2D eigenvalue weighted by molar-refractivity contribution is 7.15. The van der Waals surface area contributed by atoms with Crippen LogP contribution in [0.25, 0.3) is 10.7 Å². The van der Waals surface area contributed by atoms with Crippen molar-refractivity contribution in [3.05, 3.63) is 34.5 Å². The summed E-state index contributed by atoms with van der Waals surface area (Å²) in [5, 5.41) is 4.34. The Morgan fingerprint density at radius 1 is 1.42 bits per heavy atom. The van der Waals surface area contributed by atoms with Crippen LogP contribution in [0.2, 0.25) is 0 Å². The predicted molar refractivity (Wildman–Crippen MR) is 79.5 cm³/mol. The van der Waals surface area contributed by atoms with Crippen LogP contribution in [-0.4, -0.2) is 17.0 Å². The maximum atomic E-state index is 4.89. The lowest BCUT2D eigenvalue weighted by molar-refractivity contribution is 0.813. The van der Waals surface area contributed by atoms with Crippen LogP contribution in [0.4, 0.5) is 0 Å². The third-order valence-corrected chi connectivity index (χ3v) is 4.58. The highest BCUT2D eigenvalue weighted by atomic mass is 32.1. The zero-order valence-corrected chi connectivity index (χ0v) is 12.3. The normalized spacial score (nSPS) is 14.8. The van der Waals surface area contributed by atoms with E-state index in [4.69, 9.17) is 4.98 Å². The van der Waals surface area contributed by atoms with Crippen molar-refractivity contribution >= 4 is 11.3 Å². The molecular formula is C15H19N3S. The summed E-state index contributed by atoms with van der Waals surface area (Å²) in [7, 11) is 1.99. The Kier molecular flexibility index (Phi) is 3.62. The molecule has 0 amide bonds. The van der Waals surface area contributed by atoms with Crippen molar-refractivity contribution in [1.29, 1.82) is 0 Å². The number of aromatic nitrogens is 2. The van der Waals surface area contributed by atoms with E-state index in [1.807, 2.05) is 19.3 Å². The smallest absolute Gasteiger partial charge is 0.142 e. The molecule has 1 N–H and O–H groups in total. The van der Waals surface area contributed by atoms with Crippen molar-refractivity contribution in [2.75, 3.05) is 7.05 Å². The molecule has 3 rings (SSSR count). The number of thiazole rings is 1. The van der Waals surface area contributed by atoms with Crippen LogP contribution < -0.4 is 5.32 Å². The van der Waals surface area contributed by atoms with Gasteiger partial charge in [-0.05, 0) is 37.9 Å². The number of hydrogen-bond acceptors (Lipinski definition) is 4. The highest BCUT2D eigenvalue weighted by Crippen LogP contribution is 2.44. The Hall–Kier alpha value is -1.26. The molecule has 1 aliphatic rings. The number of aryl methyl sites for hydroxylation is 1. The second kappa shape index (κ2) is 5.39. The lowest BCUT2D eigenvalue weighted by Gasteiger charge is -2.02. The fourth-order valence-corrected chi connectivity index (χ4v) is 3.54. The van der Waals surface area contributed by atoms with Gasteiger partial charge in [0.1, 0.15) is 10.7 Å². The van der Waals surface area contributed by atoms with Gasteiger partial charge in [-0.1, -0.05) is 13.0 Å². The van der Waals surface area contributed by atoms with Crippen LogP contribution in [-0.2, 0) is 13.0 Å². The lowest BCUT2D eigenvalue weighted by atomic mass is 10.1. The van der Waals surface area contributed by atoms with Gasteiger partial charge < -0.3 is 5.32 Å². The monoisotopic (exact) mass is 273 g/mol. The molecule has 1 saturated carbocycles. The van der Waals surface area contributed by atoms with Crippen LogP contribution in [0.1, 0.15) is 41.8 Å². The van der Waals surface area contributed by atoms with Gasteiger partial charge >= 0.3 is 0 Å². The molecular weight excluding hydrogens is 254 g/mol. The quantitative estimate of drug-likeness (QED) is 0.907. The molecule has 0 aliphatic heterocycles. The average molecular weight is 273 g/mol. The van der Waals surface area contributed by atoms with Gasteiger partial charge in [0.15, 0.2) is 0 Å². The molecule has 3 nitrogen and oxygen atoms in total. The van der Waals surface area contributed by atoms with Gasteiger partial charge in [0.25, 0.3) is 0 Å². The Balaban J connectivity index is 2.02. The first-order valence-corrected chi connectivity index (χ1v) is 7.73. The van der Waals surface area contributed by atoms with E-state index >= 15 is 0 Å². The van der Waals surface area contributed by atoms with Gasteiger partial charge in [-0.3, -0.25) is 4.98 Å². The molecule has 0 atom stereocenters. The van der Waals surface area contributed by atoms with E-state index in [1.54, 1.807) is 11.3 Å². The molecule has 0 spiro atoms. The van der Waals surface area contributed by atoms with E-state index in [9.17, 15) is 0 Å². The van der Waals surface area contributed by atoms with Crippen LogP contribution in [0.3, 0.4) is 0 Å². The molecule has 0 radical (unpaired) electrons. The number of nitrogens with one attached hydrogen (secondary N) is 1. The first-order chi connectivity index (χ1) is 9.33. The number of pyridine rings is 1. The Bertz CT molecular complexity index is 573. The second-order valence-corrected chi connectivity index (χ2v) is 6.08. The molecule has 0 unspecified atom stereocenters. The summed E-state index contributed by atoms with van der Waals surface area (Å²) in [6, 6.07) is 4.16.